The molecule has 0 aromatic rings. The van der Waals surface area contributed by atoms with Gasteiger partial charge in [-0.3, -0.25) is 0 Å². The van der Waals surface area contributed by atoms with E-state index in [9.17, 15) is 0 Å². The van der Waals surface area contributed by atoms with Crippen LogP contribution in [0.2, 0.25) is 0 Å². The fourth-order valence-electron chi connectivity index (χ4n) is 1.79. The molecule has 1 heteroatoms. The molecule has 0 spiro atoms. The number of unbranched alkanes of at least 4 members (excludes halogenated alkanes) is 4. The zero-order valence-corrected chi connectivity index (χ0v) is 10.0. The number of nitrogens with one attached hydrogen (secondary N) is 1. The molecule has 0 aromatic carbocycles. The third kappa shape index (κ3) is 8.31. The van der Waals surface area contributed by atoms with Crippen LogP contribution >= 0.6 is 0 Å². The molecule has 1 atom stereocenters. The zero-order valence-electron chi connectivity index (χ0n) is 10.0. The fourth-order valence-corrected chi connectivity index (χ4v) is 1.79. The summed E-state index contributed by atoms with van der Waals surface area (Å²) >= 11 is 0. The molecular weight excluding hydrogens is 170 g/mol. The Hall–Kier alpha value is -0.300. The minimum atomic E-state index is 0.666. The van der Waals surface area contributed by atoms with E-state index >= 15 is 0 Å². The highest BCUT2D eigenvalue weighted by molar-refractivity contribution is 4.77. The summed E-state index contributed by atoms with van der Waals surface area (Å²) in [6.45, 7) is 9.31. The predicted molar refractivity (Wildman–Crippen MR) is 65.7 cm³/mol. The van der Waals surface area contributed by atoms with E-state index in [0.717, 1.165) is 13.0 Å². The van der Waals surface area contributed by atoms with Crippen LogP contribution in [0.4, 0.5) is 0 Å². The van der Waals surface area contributed by atoms with Crippen LogP contribution in [0.3, 0.4) is 0 Å². The molecule has 0 bridgehead atoms. The average molecular weight is 197 g/mol. The molecule has 1 nitrogen and oxygen atoms in total. The fraction of sp³-hybridized carbons (Fsp3) is 0.846. The summed E-state index contributed by atoms with van der Waals surface area (Å²) in [5.41, 5.74) is 0. The lowest BCUT2D eigenvalue weighted by atomic mass is 10.0. The lowest BCUT2D eigenvalue weighted by Gasteiger charge is -2.15. The van der Waals surface area contributed by atoms with Gasteiger partial charge in [-0.1, -0.05) is 52.0 Å². The van der Waals surface area contributed by atoms with Crippen molar-refractivity contribution < 1.29 is 0 Å². The van der Waals surface area contributed by atoms with E-state index in [4.69, 9.17) is 0 Å². The number of hydrogen-bond acceptors (Lipinski definition) is 1. The highest BCUT2D eigenvalue weighted by Gasteiger charge is 2.03. The summed E-state index contributed by atoms with van der Waals surface area (Å²) in [6.07, 6.45) is 11.4. The molecule has 0 rings (SSSR count). The van der Waals surface area contributed by atoms with Crippen LogP contribution in [-0.2, 0) is 0 Å². The van der Waals surface area contributed by atoms with Crippen molar-refractivity contribution in [2.24, 2.45) is 0 Å². The van der Waals surface area contributed by atoms with Gasteiger partial charge in [0.05, 0.1) is 0 Å². The molecule has 0 saturated carbocycles. The van der Waals surface area contributed by atoms with Gasteiger partial charge in [-0.15, -0.1) is 6.58 Å². The summed E-state index contributed by atoms with van der Waals surface area (Å²) < 4.78 is 0. The SMILES string of the molecule is C=CCC(CCCCCCC)NCC. The predicted octanol–water partition coefficient (Wildman–Crippen LogP) is 3.90. The lowest BCUT2D eigenvalue weighted by Crippen LogP contribution is -2.28. The van der Waals surface area contributed by atoms with Gasteiger partial charge < -0.3 is 5.32 Å². The van der Waals surface area contributed by atoms with E-state index in [1.807, 2.05) is 6.08 Å². The van der Waals surface area contributed by atoms with E-state index in [-0.39, 0.29) is 0 Å². The minimum absolute atomic E-state index is 0.666. The van der Waals surface area contributed by atoms with Gasteiger partial charge in [-0.25, -0.2) is 0 Å². The second-order valence-electron chi connectivity index (χ2n) is 3.98. The van der Waals surface area contributed by atoms with Gasteiger partial charge >= 0.3 is 0 Å². The second kappa shape index (κ2) is 10.8. The van der Waals surface area contributed by atoms with E-state index in [2.05, 4.69) is 25.7 Å². The third-order valence-electron chi connectivity index (χ3n) is 2.60. The largest absolute Gasteiger partial charge is 0.314 e. The van der Waals surface area contributed by atoms with Gasteiger partial charge in [-0.05, 0) is 19.4 Å². The highest BCUT2D eigenvalue weighted by atomic mass is 14.9. The van der Waals surface area contributed by atoms with Gasteiger partial charge in [0, 0.05) is 6.04 Å². The summed E-state index contributed by atoms with van der Waals surface area (Å²) in [4.78, 5) is 0. The first-order chi connectivity index (χ1) is 6.85. The number of rotatable bonds is 10. The quantitative estimate of drug-likeness (QED) is 0.414. The average Bonchev–Trinajstić information content (AvgIpc) is 2.18. The zero-order chi connectivity index (χ0) is 10.6. The standard InChI is InChI=1S/C13H27N/c1-4-7-8-9-10-12-13(11-5-2)14-6-3/h5,13-14H,2,4,6-12H2,1,3H3. The van der Waals surface area contributed by atoms with Gasteiger partial charge in [-0.2, -0.15) is 0 Å². The minimum Gasteiger partial charge on any atom is -0.314 e. The molecule has 0 aliphatic heterocycles. The Bertz CT molecular complexity index is 120. The molecule has 14 heavy (non-hydrogen) atoms. The molecular formula is C13H27N. The summed E-state index contributed by atoms with van der Waals surface area (Å²) in [7, 11) is 0. The molecule has 0 radical (unpaired) electrons. The van der Waals surface area contributed by atoms with Crippen molar-refractivity contribution in [3.63, 3.8) is 0 Å². The molecule has 0 saturated heterocycles. The maximum absolute atomic E-state index is 3.80. The van der Waals surface area contributed by atoms with Crippen LogP contribution in [0.15, 0.2) is 12.7 Å². The van der Waals surface area contributed by atoms with Gasteiger partial charge in [0.2, 0.25) is 0 Å². The van der Waals surface area contributed by atoms with Crippen LogP contribution in [0.5, 0.6) is 0 Å². The summed E-state index contributed by atoms with van der Waals surface area (Å²) in [5, 5.41) is 3.50. The first kappa shape index (κ1) is 13.7. The highest BCUT2D eigenvalue weighted by Crippen LogP contribution is 2.09. The van der Waals surface area contributed by atoms with Crippen molar-refractivity contribution in [2.75, 3.05) is 6.54 Å². The van der Waals surface area contributed by atoms with Crippen LogP contribution in [0.1, 0.15) is 58.8 Å². The third-order valence-corrected chi connectivity index (χ3v) is 2.60. The van der Waals surface area contributed by atoms with E-state index < -0.39 is 0 Å². The van der Waals surface area contributed by atoms with Crippen LogP contribution in [0.25, 0.3) is 0 Å². The molecule has 0 aromatic heterocycles. The molecule has 1 unspecified atom stereocenters. The van der Waals surface area contributed by atoms with Crippen molar-refractivity contribution in [1.82, 2.24) is 5.32 Å². The van der Waals surface area contributed by atoms with Gasteiger partial charge in [0.1, 0.15) is 0 Å². The molecule has 84 valence electrons. The van der Waals surface area contributed by atoms with Crippen LogP contribution < -0.4 is 5.32 Å². The van der Waals surface area contributed by atoms with E-state index in [0.29, 0.717) is 6.04 Å². The van der Waals surface area contributed by atoms with Crippen molar-refractivity contribution in [2.45, 2.75) is 64.8 Å². The van der Waals surface area contributed by atoms with Gasteiger partial charge in [0.25, 0.3) is 0 Å². The van der Waals surface area contributed by atoms with E-state index in [1.165, 1.54) is 38.5 Å². The van der Waals surface area contributed by atoms with Crippen molar-refractivity contribution in [3.05, 3.63) is 12.7 Å². The number of hydrogen-bond donors (Lipinski definition) is 1. The van der Waals surface area contributed by atoms with Crippen molar-refractivity contribution in [1.29, 1.82) is 0 Å². The van der Waals surface area contributed by atoms with Crippen LogP contribution in [-0.4, -0.2) is 12.6 Å². The lowest BCUT2D eigenvalue weighted by molar-refractivity contribution is 0.466. The maximum Gasteiger partial charge on any atom is 0.0101 e. The topological polar surface area (TPSA) is 12.0 Å². The molecule has 0 aliphatic carbocycles. The summed E-state index contributed by atoms with van der Waals surface area (Å²) in [5.74, 6) is 0. The first-order valence-corrected chi connectivity index (χ1v) is 6.19. The molecule has 0 fully saturated rings. The Morgan fingerprint density at radius 3 is 2.43 bits per heavy atom. The van der Waals surface area contributed by atoms with Crippen molar-refractivity contribution >= 4 is 0 Å². The molecule has 1 N–H and O–H groups in total. The molecule has 0 heterocycles. The van der Waals surface area contributed by atoms with Crippen LogP contribution in [0, 0.1) is 0 Å². The smallest absolute Gasteiger partial charge is 0.0101 e. The molecule has 0 amide bonds. The Labute approximate surface area is 90.0 Å². The monoisotopic (exact) mass is 197 g/mol. The van der Waals surface area contributed by atoms with E-state index in [1.54, 1.807) is 0 Å². The Kier molecular flexibility index (Phi) is 10.5. The maximum atomic E-state index is 3.80. The Morgan fingerprint density at radius 1 is 1.14 bits per heavy atom. The normalized spacial score (nSPS) is 12.7. The Balaban J connectivity index is 3.35. The second-order valence-corrected chi connectivity index (χ2v) is 3.98. The first-order valence-electron chi connectivity index (χ1n) is 6.19. The Morgan fingerprint density at radius 2 is 1.86 bits per heavy atom. The summed E-state index contributed by atoms with van der Waals surface area (Å²) in [6, 6.07) is 0.666. The molecule has 0 aliphatic rings. The van der Waals surface area contributed by atoms with Gasteiger partial charge in [0.15, 0.2) is 0 Å². The van der Waals surface area contributed by atoms with Crippen molar-refractivity contribution in [3.8, 4) is 0 Å².